The molecule has 0 saturated heterocycles. The fraction of sp³-hybridized carbons (Fsp3) is 0.474. The van der Waals surface area contributed by atoms with Gasteiger partial charge in [0.2, 0.25) is 0 Å². The summed E-state index contributed by atoms with van der Waals surface area (Å²) in [5.41, 5.74) is 1.27. The van der Waals surface area contributed by atoms with Crippen LogP contribution in [0.4, 0.5) is 0 Å². The number of hydrogen-bond donors (Lipinski definition) is 2. The zero-order chi connectivity index (χ0) is 17.0. The van der Waals surface area contributed by atoms with Gasteiger partial charge in [0.1, 0.15) is 12.4 Å². The minimum Gasteiger partial charge on any atom is -0.357 e. The van der Waals surface area contributed by atoms with E-state index in [0.717, 1.165) is 31.4 Å². The molecule has 1 aromatic heterocycles. The minimum atomic E-state index is 0. The SMILES string of the molecule is CCCCCNC(=NCc1nccn1Cc1ccccc1)NCC.I. The third-order valence-electron chi connectivity index (χ3n) is 3.79. The lowest BCUT2D eigenvalue weighted by Crippen LogP contribution is -2.37. The standard InChI is InChI=1S/C19H29N5.HI/c1-3-5-9-12-22-19(20-4-2)23-15-18-21-13-14-24(18)16-17-10-7-6-8-11-17;/h6-8,10-11,13-14H,3-5,9,12,15-16H2,1-2H3,(H2,20,22,23);1H. The van der Waals surface area contributed by atoms with Gasteiger partial charge >= 0.3 is 0 Å². The highest BCUT2D eigenvalue weighted by Gasteiger charge is 2.04. The zero-order valence-corrected chi connectivity index (χ0v) is 17.6. The normalized spacial score (nSPS) is 11.0. The Kier molecular flexibility index (Phi) is 10.9. The maximum absolute atomic E-state index is 4.67. The molecule has 0 fully saturated rings. The van der Waals surface area contributed by atoms with Gasteiger partial charge in [-0.2, -0.15) is 0 Å². The summed E-state index contributed by atoms with van der Waals surface area (Å²) in [4.78, 5) is 9.12. The van der Waals surface area contributed by atoms with E-state index in [2.05, 4.69) is 63.3 Å². The van der Waals surface area contributed by atoms with Crippen molar-refractivity contribution < 1.29 is 0 Å². The molecule has 0 aliphatic carbocycles. The highest BCUT2D eigenvalue weighted by Crippen LogP contribution is 2.06. The highest BCUT2D eigenvalue weighted by molar-refractivity contribution is 14.0. The number of halogens is 1. The Morgan fingerprint density at radius 3 is 2.64 bits per heavy atom. The van der Waals surface area contributed by atoms with Gasteiger partial charge in [0, 0.05) is 32.0 Å². The second kappa shape index (κ2) is 12.7. The number of hydrogen-bond acceptors (Lipinski definition) is 2. The van der Waals surface area contributed by atoms with Crippen molar-refractivity contribution in [2.75, 3.05) is 13.1 Å². The van der Waals surface area contributed by atoms with Crippen molar-refractivity contribution >= 4 is 29.9 Å². The Labute approximate surface area is 168 Å². The van der Waals surface area contributed by atoms with E-state index in [0.29, 0.717) is 6.54 Å². The molecule has 1 heterocycles. The Morgan fingerprint density at radius 1 is 1.12 bits per heavy atom. The van der Waals surface area contributed by atoms with Gasteiger partial charge in [-0.05, 0) is 18.9 Å². The van der Waals surface area contributed by atoms with Crippen molar-refractivity contribution in [3.05, 3.63) is 54.1 Å². The molecule has 0 bridgehead atoms. The number of unbranched alkanes of at least 4 members (excludes halogenated alkanes) is 2. The maximum atomic E-state index is 4.67. The average molecular weight is 455 g/mol. The fourth-order valence-corrected chi connectivity index (χ4v) is 2.49. The number of aliphatic imine (C=N–C) groups is 1. The second-order valence-corrected chi connectivity index (χ2v) is 5.79. The highest BCUT2D eigenvalue weighted by atomic mass is 127. The van der Waals surface area contributed by atoms with Crippen molar-refractivity contribution in [1.29, 1.82) is 0 Å². The van der Waals surface area contributed by atoms with Gasteiger partial charge < -0.3 is 15.2 Å². The first-order valence-corrected chi connectivity index (χ1v) is 8.89. The fourth-order valence-electron chi connectivity index (χ4n) is 2.49. The molecular weight excluding hydrogens is 425 g/mol. The zero-order valence-electron chi connectivity index (χ0n) is 15.2. The minimum absolute atomic E-state index is 0. The summed E-state index contributed by atoms with van der Waals surface area (Å²) in [5.74, 6) is 1.84. The van der Waals surface area contributed by atoms with Gasteiger partial charge in [0.15, 0.2) is 5.96 Å². The summed E-state index contributed by atoms with van der Waals surface area (Å²) in [6.45, 7) is 7.51. The lowest BCUT2D eigenvalue weighted by molar-refractivity contribution is 0.678. The van der Waals surface area contributed by atoms with Crippen molar-refractivity contribution in [2.45, 2.75) is 46.2 Å². The topological polar surface area (TPSA) is 54.2 Å². The molecule has 0 unspecified atom stereocenters. The molecular formula is C19H30IN5. The van der Waals surface area contributed by atoms with Crippen LogP contribution in [0.15, 0.2) is 47.7 Å². The summed E-state index contributed by atoms with van der Waals surface area (Å²) in [5, 5.41) is 6.68. The summed E-state index contributed by atoms with van der Waals surface area (Å²) >= 11 is 0. The molecule has 0 spiro atoms. The molecule has 0 radical (unpaired) electrons. The molecule has 0 aliphatic heterocycles. The van der Waals surface area contributed by atoms with Crippen molar-refractivity contribution in [2.24, 2.45) is 4.99 Å². The first kappa shape index (κ1) is 21.5. The third-order valence-corrected chi connectivity index (χ3v) is 3.79. The Balaban J connectivity index is 0.00000312. The largest absolute Gasteiger partial charge is 0.357 e. The third kappa shape index (κ3) is 7.90. The van der Waals surface area contributed by atoms with E-state index in [1.807, 2.05) is 18.5 Å². The summed E-state index contributed by atoms with van der Waals surface area (Å²) in [7, 11) is 0. The van der Waals surface area contributed by atoms with Crippen LogP contribution in [0.3, 0.4) is 0 Å². The predicted octanol–water partition coefficient (Wildman–Crippen LogP) is 3.79. The first-order valence-electron chi connectivity index (χ1n) is 8.89. The van der Waals surface area contributed by atoms with Crippen LogP contribution in [0.25, 0.3) is 0 Å². The van der Waals surface area contributed by atoms with E-state index in [9.17, 15) is 0 Å². The van der Waals surface area contributed by atoms with E-state index in [1.165, 1.54) is 24.8 Å². The van der Waals surface area contributed by atoms with Gasteiger partial charge in [0.25, 0.3) is 0 Å². The summed E-state index contributed by atoms with van der Waals surface area (Å²) in [6.07, 6.45) is 7.50. The van der Waals surface area contributed by atoms with Crippen LogP contribution in [0.5, 0.6) is 0 Å². The molecule has 1 aromatic carbocycles. The maximum Gasteiger partial charge on any atom is 0.191 e. The molecule has 0 amide bonds. The Morgan fingerprint density at radius 2 is 1.92 bits per heavy atom. The van der Waals surface area contributed by atoms with Crippen LogP contribution < -0.4 is 10.6 Å². The van der Waals surface area contributed by atoms with Gasteiger partial charge in [-0.15, -0.1) is 24.0 Å². The van der Waals surface area contributed by atoms with Gasteiger partial charge in [-0.25, -0.2) is 9.98 Å². The van der Waals surface area contributed by atoms with E-state index in [4.69, 9.17) is 0 Å². The second-order valence-electron chi connectivity index (χ2n) is 5.79. The van der Waals surface area contributed by atoms with E-state index < -0.39 is 0 Å². The lowest BCUT2D eigenvalue weighted by atomic mass is 10.2. The molecule has 0 aliphatic rings. The first-order chi connectivity index (χ1) is 11.8. The summed E-state index contributed by atoms with van der Waals surface area (Å²) < 4.78 is 2.15. The number of guanidine groups is 1. The van der Waals surface area contributed by atoms with Gasteiger partial charge in [-0.1, -0.05) is 50.1 Å². The van der Waals surface area contributed by atoms with Crippen LogP contribution in [0, 0.1) is 0 Å². The number of rotatable bonds is 9. The van der Waals surface area contributed by atoms with Crippen LogP contribution in [0.2, 0.25) is 0 Å². The van der Waals surface area contributed by atoms with Crippen LogP contribution in [-0.4, -0.2) is 28.6 Å². The molecule has 2 N–H and O–H groups in total. The van der Waals surface area contributed by atoms with Crippen molar-refractivity contribution in [1.82, 2.24) is 20.2 Å². The predicted molar refractivity (Wildman–Crippen MR) is 116 cm³/mol. The number of nitrogens with zero attached hydrogens (tertiary/aromatic N) is 3. The molecule has 138 valence electrons. The number of nitrogens with one attached hydrogen (secondary N) is 2. The van der Waals surface area contributed by atoms with E-state index in [-0.39, 0.29) is 24.0 Å². The van der Waals surface area contributed by atoms with Gasteiger partial charge in [0.05, 0.1) is 0 Å². The quantitative estimate of drug-likeness (QED) is 0.262. The van der Waals surface area contributed by atoms with E-state index >= 15 is 0 Å². The lowest BCUT2D eigenvalue weighted by Gasteiger charge is -2.11. The van der Waals surface area contributed by atoms with Crippen LogP contribution in [-0.2, 0) is 13.1 Å². The smallest absolute Gasteiger partial charge is 0.191 e. The molecule has 5 nitrogen and oxygen atoms in total. The number of benzene rings is 1. The molecule has 0 saturated carbocycles. The van der Waals surface area contributed by atoms with Crippen LogP contribution in [0.1, 0.15) is 44.5 Å². The van der Waals surface area contributed by atoms with Crippen molar-refractivity contribution in [3.8, 4) is 0 Å². The molecule has 6 heteroatoms. The number of imidazole rings is 1. The monoisotopic (exact) mass is 455 g/mol. The van der Waals surface area contributed by atoms with E-state index in [1.54, 1.807) is 0 Å². The molecule has 2 aromatic rings. The number of aromatic nitrogens is 2. The Hall–Kier alpha value is -1.57. The molecule has 2 rings (SSSR count). The van der Waals surface area contributed by atoms with Gasteiger partial charge in [-0.3, -0.25) is 0 Å². The van der Waals surface area contributed by atoms with Crippen LogP contribution >= 0.6 is 24.0 Å². The average Bonchev–Trinajstić information content (AvgIpc) is 3.04. The Bertz CT molecular complexity index is 609. The van der Waals surface area contributed by atoms with Crippen molar-refractivity contribution in [3.63, 3.8) is 0 Å². The molecule has 0 atom stereocenters. The summed E-state index contributed by atoms with van der Waals surface area (Å²) in [6, 6.07) is 10.4. The molecule has 25 heavy (non-hydrogen) atoms.